The van der Waals surface area contributed by atoms with Crippen LogP contribution < -0.4 is 5.32 Å². The normalized spacial score (nSPS) is 14.8. The molecule has 0 saturated heterocycles. The number of carbonyl (C=O) groups is 1. The molecule has 1 saturated carbocycles. The average molecular weight is 221 g/mol. The Bertz CT molecular complexity index is 402. The molecule has 0 bridgehead atoms. The van der Waals surface area contributed by atoms with Gasteiger partial charge in [0.25, 0.3) is 0 Å². The molecule has 0 amide bonds. The minimum absolute atomic E-state index is 0.160. The third-order valence-corrected chi connectivity index (χ3v) is 2.74. The van der Waals surface area contributed by atoms with E-state index in [9.17, 15) is 4.79 Å². The molecule has 0 unspecified atom stereocenters. The first-order valence-electron chi connectivity index (χ1n) is 5.47. The molecule has 0 atom stereocenters. The Labute approximate surface area is 93.9 Å². The Morgan fingerprint density at radius 2 is 2.38 bits per heavy atom. The minimum Gasteiger partial charge on any atom is -0.478 e. The number of aryl methyl sites for hydroxylation is 1. The minimum atomic E-state index is -0.984. The summed E-state index contributed by atoms with van der Waals surface area (Å²) < 4.78 is 0. The number of anilines is 1. The van der Waals surface area contributed by atoms with Crippen molar-refractivity contribution in [1.29, 1.82) is 0 Å². The number of nitrogens with zero attached hydrogens (tertiary/aromatic N) is 2. The predicted octanol–water partition coefficient (Wildman–Crippen LogP) is 1.70. The summed E-state index contributed by atoms with van der Waals surface area (Å²) in [4.78, 5) is 18.8. The molecule has 1 fully saturated rings. The van der Waals surface area contributed by atoms with E-state index >= 15 is 0 Å². The van der Waals surface area contributed by atoms with Crippen molar-refractivity contribution in [2.45, 2.75) is 26.2 Å². The topological polar surface area (TPSA) is 75.1 Å². The summed E-state index contributed by atoms with van der Waals surface area (Å²) in [6, 6.07) is 0. The van der Waals surface area contributed by atoms with Gasteiger partial charge in [-0.05, 0) is 19.3 Å². The number of carboxylic acid groups (broad SMARTS) is 1. The van der Waals surface area contributed by atoms with Gasteiger partial charge in [-0.25, -0.2) is 14.8 Å². The largest absolute Gasteiger partial charge is 0.478 e. The standard InChI is InChI=1S/C11H15N3O2/c1-7-9(10(15)16)6-13-11(14-7)12-5-4-8-2-3-8/h6,8H,2-5H2,1H3,(H,15,16)(H,12,13,14). The summed E-state index contributed by atoms with van der Waals surface area (Å²) in [5.41, 5.74) is 0.657. The van der Waals surface area contributed by atoms with E-state index in [0.29, 0.717) is 11.6 Å². The van der Waals surface area contributed by atoms with Crippen LogP contribution in [-0.2, 0) is 0 Å². The summed E-state index contributed by atoms with van der Waals surface area (Å²) in [5, 5.41) is 11.9. The fourth-order valence-corrected chi connectivity index (χ4v) is 1.56. The van der Waals surface area contributed by atoms with Crippen LogP contribution in [0.15, 0.2) is 6.20 Å². The Balaban J connectivity index is 1.93. The molecular formula is C11H15N3O2. The monoisotopic (exact) mass is 221 g/mol. The fraction of sp³-hybridized carbons (Fsp3) is 0.545. The van der Waals surface area contributed by atoms with E-state index < -0.39 is 5.97 Å². The first-order chi connectivity index (χ1) is 7.66. The van der Waals surface area contributed by atoms with E-state index in [2.05, 4.69) is 15.3 Å². The van der Waals surface area contributed by atoms with Crippen molar-refractivity contribution in [1.82, 2.24) is 9.97 Å². The van der Waals surface area contributed by atoms with Gasteiger partial charge in [0.05, 0.1) is 11.3 Å². The van der Waals surface area contributed by atoms with Crippen LogP contribution in [0.4, 0.5) is 5.95 Å². The Hall–Kier alpha value is -1.65. The second kappa shape index (κ2) is 4.47. The molecular weight excluding hydrogens is 206 g/mol. The molecule has 0 aromatic carbocycles. The highest BCUT2D eigenvalue weighted by Gasteiger charge is 2.20. The molecule has 0 radical (unpaired) electrons. The molecule has 1 aliphatic carbocycles. The molecule has 1 heterocycles. The van der Waals surface area contributed by atoms with Crippen LogP contribution in [0.2, 0.25) is 0 Å². The number of hydrogen-bond donors (Lipinski definition) is 2. The molecule has 0 aliphatic heterocycles. The van der Waals surface area contributed by atoms with Gasteiger partial charge in [0.15, 0.2) is 0 Å². The second-order valence-electron chi connectivity index (χ2n) is 4.16. The maximum atomic E-state index is 10.7. The summed E-state index contributed by atoms with van der Waals surface area (Å²) in [6.07, 6.45) is 5.16. The Morgan fingerprint density at radius 1 is 1.62 bits per heavy atom. The van der Waals surface area contributed by atoms with Crippen molar-refractivity contribution in [2.24, 2.45) is 5.92 Å². The Kier molecular flexibility index (Phi) is 3.03. The van der Waals surface area contributed by atoms with Gasteiger partial charge in [0, 0.05) is 12.7 Å². The van der Waals surface area contributed by atoms with Gasteiger partial charge in [-0.15, -0.1) is 0 Å². The van der Waals surface area contributed by atoms with Crippen molar-refractivity contribution >= 4 is 11.9 Å². The first kappa shape index (κ1) is 10.9. The van der Waals surface area contributed by atoms with Crippen LogP contribution >= 0.6 is 0 Å². The van der Waals surface area contributed by atoms with E-state index in [-0.39, 0.29) is 5.56 Å². The average Bonchev–Trinajstić information content (AvgIpc) is 3.01. The van der Waals surface area contributed by atoms with Crippen LogP contribution in [0, 0.1) is 12.8 Å². The SMILES string of the molecule is Cc1nc(NCCC2CC2)ncc1C(=O)O. The van der Waals surface area contributed by atoms with E-state index in [4.69, 9.17) is 5.11 Å². The van der Waals surface area contributed by atoms with Crippen LogP contribution in [0.3, 0.4) is 0 Å². The van der Waals surface area contributed by atoms with Gasteiger partial charge in [-0.2, -0.15) is 0 Å². The number of carboxylic acids is 1. The molecule has 5 nitrogen and oxygen atoms in total. The van der Waals surface area contributed by atoms with Crippen LogP contribution in [-0.4, -0.2) is 27.6 Å². The lowest BCUT2D eigenvalue weighted by molar-refractivity contribution is 0.0695. The number of hydrogen-bond acceptors (Lipinski definition) is 4. The summed E-state index contributed by atoms with van der Waals surface area (Å²) in [7, 11) is 0. The zero-order valence-electron chi connectivity index (χ0n) is 9.23. The third-order valence-electron chi connectivity index (χ3n) is 2.74. The number of nitrogens with one attached hydrogen (secondary N) is 1. The van der Waals surface area contributed by atoms with E-state index in [0.717, 1.165) is 18.9 Å². The van der Waals surface area contributed by atoms with Crippen LogP contribution in [0.1, 0.15) is 35.3 Å². The molecule has 1 aromatic heterocycles. The summed E-state index contributed by atoms with van der Waals surface area (Å²) in [6.45, 7) is 2.54. The quantitative estimate of drug-likeness (QED) is 0.791. The molecule has 1 aliphatic rings. The highest BCUT2D eigenvalue weighted by molar-refractivity contribution is 5.88. The van der Waals surface area contributed by atoms with Gasteiger partial charge >= 0.3 is 5.97 Å². The number of aromatic nitrogens is 2. The zero-order valence-corrected chi connectivity index (χ0v) is 9.23. The third kappa shape index (κ3) is 2.68. The van der Waals surface area contributed by atoms with E-state index in [1.807, 2.05) is 0 Å². The maximum Gasteiger partial charge on any atom is 0.339 e. The second-order valence-corrected chi connectivity index (χ2v) is 4.16. The highest BCUT2D eigenvalue weighted by atomic mass is 16.4. The van der Waals surface area contributed by atoms with Crippen LogP contribution in [0.25, 0.3) is 0 Å². The van der Waals surface area contributed by atoms with Gasteiger partial charge in [0.1, 0.15) is 0 Å². The Morgan fingerprint density at radius 3 is 2.94 bits per heavy atom. The molecule has 86 valence electrons. The molecule has 5 heteroatoms. The van der Waals surface area contributed by atoms with Crippen molar-refractivity contribution in [3.63, 3.8) is 0 Å². The summed E-state index contributed by atoms with van der Waals surface area (Å²) >= 11 is 0. The predicted molar refractivity (Wildman–Crippen MR) is 59.6 cm³/mol. The molecule has 2 rings (SSSR count). The lowest BCUT2D eigenvalue weighted by atomic mass is 10.2. The van der Waals surface area contributed by atoms with Gasteiger partial charge < -0.3 is 10.4 Å². The van der Waals surface area contributed by atoms with Crippen LogP contribution in [0.5, 0.6) is 0 Å². The first-order valence-corrected chi connectivity index (χ1v) is 5.47. The molecule has 0 spiro atoms. The lowest BCUT2D eigenvalue weighted by Gasteiger charge is -2.05. The van der Waals surface area contributed by atoms with E-state index in [1.165, 1.54) is 19.0 Å². The smallest absolute Gasteiger partial charge is 0.339 e. The maximum absolute atomic E-state index is 10.7. The highest BCUT2D eigenvalue weighted by Crippen LogP contribution is 2.31. The molecule has 1 aromatic rings. The van der Waals surface area contributed by atoms with Crippen molar-refractivity contribution in [3.8, 4) is 0 Å². The van der Waals surface area contributed by atoms with Gasteiger partial charge in [0.2, 0.25) is 5.95 Å². The van der Waals surface area contributed by atoms with E-state index in [1.54, 1.807) is 6.92 Å². The van der Waals surface area contributed by atoms with Crippen molar-refractivity contribution < 1.29 is 9.90 Å². The number of aromatic carboxylic acids is 1. The van der Waals surface area contributed by atoms with Gasteiger partial charge in [-0.3, -0.25) is 0 Å². The lowest BCUT2D eigenvalue weighted by Crippen LogP contribution is -2.09. The van der Waals surface area contributed by atoms with Crippen molar-refractivity contribution in [2.75, 3.05) is 11.9 Å². The molecule has 2 N–H and O–H groups in total. The molecule has 16 heavy (non-hydrogen) atoms. The fourth-order valence-electron chi connectivity index (χ4n) is 1.56. The number of rotatable bonds is 5. The van der Waals surface area contributed by atoms with Crippen molar-refractivity contribution in [3.05, 3.63) is 17.5 Å². The summed E-state index contributed by atoms with van der Waals surface area (Å²) in [5.74, 6) is 0.400. The zero-order chi connectivity index (χ0) is 11.5. The van der Waals surface area contributed by atoms with Gasteiger partial charge in [-0.1, -0.05) is 12.8 Å².